The number of nitrogens with one attached hydrogen (secondary N) is 1. The van der Waals surface area contributed by atoms with Crippen LogP contribution in [0.4, 0.5) is 15.8 Å². The molecule has 0 aromatic heterocycles. The van der Waals surface area contributed by atoms with Crippen molar-refractivity contribution in [2.75, 3.05) is 18.0 Å². The van der Waals surface area contributed by atoms with Crippen LogP contribution in [0.1, 0.15) is 39.9 Å². The molecule has 5 nitrogen and oxygen atoms in total. The lowest BCUT2D eigenvalue weighted by atomic mass is 9.97. The Kier molecular flexibility index (Phi) is 5.43. The summed E-state index contributed by atoms with van der Waals surface area (Å²) >= 11 is 0. The van der Waals surface area contributed by atoms with Crippen molar-refractivity contribution in [2.24, 2.45) is 0 Å². The molecule has 3 rings (SSSR count). The number of halogens is 1. The maximum Gasteiger partial charge on any atom is 0.336 e. The van der Waals surface area contributed by atoms with Gasteiger partial charge in [-0.25, -0.2) is 9.18 Å². The van der Waals surface area contributed by atoms with E-state index in [4.69, 9.17) is 0 Å². The Labute approximate surface area is 158 Å². The molecule has 1 saturated heterocycles. The number of rotatable bonds is 4. The Morgan fingerprint density at radius 3 is 2.59 bits per heavy atom. The van der Waals surface area contributed by atoms with Gasteiger partial charge < -0.3 is 15.3 Å². The summed E-state index contributed by atoms with van der Waals surface area (Å²) in [4.78, 5) is 13.5. The maximum absolute atomic E-state index is 14.9. The van der Waals surface area contributed by atoms with Gasteiger partial charge in [-0.1, -0.05) is 12.1 Å². The van der Waals surface area contributed by atoms with Gasteiger partial charge in [-0.05, 0) is 69.1 Å². The molecule has 0 radical (unpaired) electrons. The number of carboxylic acid groups (broad SMARTS) is 1. The van der Waals surface area contributed by atoms with Crippen molar-refractivity contribution < 1.29 is 14.3 Å². The SMILES string of the molecule is Cc1cc(C)c(N(c2c(F)cccc2C#N)C2CCNCC2)cc1C(=O)O. The molecule has 2 aromatic carbocycles. The Bertz CT molecular complexity index is 914. The molecule has 1 fully saturated rings. The van der Waals surface area contributed by atoms with Crippen LogP contribution in [0.3, 0.4) is 0 Å². The van der Waals surface area contributed by atoms with E-state index in [1.807, 2.05) is 11.8 Å². The van der Waals surface area contributed by atoms with Gasteiger partial charge in [0.15, 0.2) is 0 Å². The second-order valence-corrected chi connectivity index (χ2v) is 6.86. The molecular weight excluding hydrogens is 345 g/mol. The Morgan fingerprint density at radius 2 is 1.96 bits per heavy atom. The van der Waals surface area contributed by atoms with E-state index in [0.717, 1.165) is 31.5 Å². The molecule has 0 unspecified atom stereocenters. The van der Waals surface area contributed by atoms with E-state index in [1.165, 1.54) is 12.1 Å². The number of piperidine rings is 1. The molecule has 1 aliphatic rings. The third-order valence-electron chi connectivity index (χ3n) is 5.05. The van der Waals surface area contributed by atoms with E-state index in [2.05, 4.69) is 11.4 Å². The number of hydrogen-bond donors (Lipinski definition) is 2. The molecule has 1 aliphatic heterocycles. The van der Waals surface area contributed by atoms with Crippen LogP contribution in [-0.2, 0) is 0 Å². The van der Waals surface area contributed by atoms with Gasteiger partial charge in [0.05, 0.1) is 16.8 Å². The van der Waals surface area contributed by atoms with E-state index in [-0.39, 0.29) is 22.9 Å². The molecule has 27 heavy (non-hydrogen) atoms. The van der Waals surface area contributed by atoms with E-state index >= 15 is 0 Å². The first kappa shape index (κ1) is 18.9. The number of para-hydroxylation sites is 1. The highest BCUT2D eigenvalue weighted by molar-refractivity contribution is 5.91. The maximum atomic E-state index is 14.9. The molecule has 0 saturated carbocycles. The minimum Gasteiger partial charge on any atom is -0.478 e. The zero-order chi connectivity index (χ0) is 19.6. The van der Waals surface area contributed by atoms with E-state index in [9.17, 15) is 19.6 Å². The zero-order valence-electron chi connectivity index (χ0n) is 15.4. The van der Waals surface area contributed by atoms with E-state index in [0.29, 0.717) is 11.3 Å². The molecular formula is C21H22FN3O2. The van der Waals surface area contributed by atoms with Crippen molar-refractivity contribution in [1.82, 2.24) is 5.32 Å². The summed E-state index contributed by atoms with van der Waals surface area (Å²) in [6, 6.07) is 9.90. The highest BCUT2D eigenvalue weighted by atomic mass is 19.1. The number of carboxylic acids is 1. The molecule has 0 aliphatic carbocycles. The monoisotopic (exact) mass is 367 g/mol. The van der Waals surface area contributed by atoms with Gasteiger partial charge in [0, 0.05) is 11.7 Å². The quantitative estimate of drug-likeness (QED) is 0.857. The fourth-order valence-corrected chi connectivity index (χ4v) is 3.75. The lowest BCUT2D eigenvalue weighted by Crippen LogP contribution is -2.41. The van der Waals surface area contributed by atoms with Crippen LogP contribution in [0.5, 0.6) is 0 Å². The number of nitriles is 1. The van der Waals surface area contributed by atoms with Gasteiger partial charge in [0.2, 0.25) is 0 Å². The standard InChI is InChI=1S/C21H22FN3O2/c1-13-10-14(2)19(11-17(13)21(26)27)25(16-6-8-24-9-7-16)20-15(12-23)4-3-5-18(20)22/h3-5,10-11,16,24H,6-9H2,1-2H3,(H,26,27). The summed E-state index contributed by atoms with van der Waals surface area (Å²) in [5.74, 6) is -1.50. The number of hydrogen-bond acceptors (Lipinski definition) is 4. The second-order valence-electron chi connectivity index (χ2n) is 6.86. The fraction of sp³-hybridized carbons (Fsp3) is 0.333. The van der Waals surface area contributed by atoms with Crippen molar-refractivity contribution >= 4 is 17.3 Å². The fourth-order valence-electron chi connectivity index (χ4n) is 3.75. The highest BCUT2D eigenvalue weighted by Crippen LogP contribution is 2.38. The van der Waals surface area contributed by atoms with Crippen LogP contribution in [0.25, 0.3) is 0 Å². The lowest BCUT2D eigenvalue weighted by Gasteiger charge is -2.38. The summed E-state index contributed by atoms with van der Waals surface area (Å²) < 4.78 is 14.9. The summed E-state index contributed by atoms with van der Waals surface area (Å²) in [6.45, 7) is 5.20. The summed E-state index contributed by atoms with van der Waals surface area (Å²) in [7, 11) is 0. The van der Waals surface area contributed by atoms with E-state index in [1.54, 1.807) is 25.1 Å². The van der Waals surface area contributed by atoms with Gasteiger partial charge in [-0.2, -0.15) is 5.26 Å². The number of aromatic carboxylic acids is 1. The molecule has 1 heterocycles. The van der Waals surface area contributed by atoms with Crippen LogP contribution in [0.2, 0.25) is 0 Å². The Hall–Kier alpha value is -2.91. The normalized spacial score (nSPS) is 14.6. The molecule has 0 atom stereocenters. The average molecular weight is 367 g/mol. The summed E-state index contributed by atoms with van der Waals surface area (Å²) in [5, 5.41) is 22.4. The van der Waals surface area contributed by atoms with Crippen LogP contribution < -0.4 is 10.2 Å². The first-order valence-corrected chi connectivity index (χ1v) is 8.97. The van der Waals surface area contributed by atoms with Crippen molar-refractivity contribution in [1.29, 1.82) is 5.26 Å². The Balaban J connectivity index is 2.25. The average Bonchev–Trinajstić information content (AvgIpc) is 2.65. The van der Waals surface area contributed by atoms with Crippen molar-refractivity contribution in [2.45, 2.75) is 32.7 Å². The third-order valence-corrected chi connectivity index (χ3v) is 5.05. The predicted octanol–water partition coefficient (Wildman–Crippen LogP) is 3.90. The number of nitrogens with zero attached hydrogens (tertiary/aromatic N) is 2. The lowest BCUT2D eigenvalue weighted by molar-refractivity contribution is 0.0696. The Morgan fingerprint density at radius 1 is 1.26 bits per heavy atom. The van der Waals surface area contributed by atoms with E-state index < -0.39 is 11.8 Å². The highest BCUT2D eigenvalue weighted by Gasteiger charge is 2.29. The number of anilines is 2. The second kappa shape index (κ2) is 7.77. The topological polar surface area (TPSA) is 76.4 Å². The van der Waals surface area contributed by atoms with Crippen molar-refractivity contribution in [3.05, 3.63) is 58.4 Å². The van der Waals surface area contributed by atoms with Gasteiger partial charge in [-0.3, -0.25) is 0 Å². The minimum absolute atomic E-state index is 0.0294. The van der Waals surface area contributed by atoms with Crippen molar-refractivity contribution in [3.8, 4) is 6.07 Å². The summed E-state index contributed by atoms with van der Waals surface area (Å²) in [6.07, 6.45) is 1.55. The van der Waals surface area contributed by atoms with Gasteiger partial charge in [0.25, 0.3) is 0 Å². The molecule has 140 valence electrons. The predicted molar refractivity (Wildman–Crippen MR) is 102 cm³/mol. The first-order valence-electron chi connectivity index (χ1n) is 8.97. The van der Waals surface area contributed by atoms with Crippen LogP contribution in [-0.4, -0.2) is 30.2 Å². The largest absolute Gasteiger partial charge is 0.478 e. The molecule has 2 aromatic rings. The van der Waals surface area contributed by atoms with Gasteiger partial charge in [-0.15, -0.1) is 0 Å². The number of aryl methyl sites for hydroxylation is 2. The third kappa shape index (κ3) is 3.64. The van der Waals surface area contributed by atoms with Gasteiger partial charge in [0.1, 0.15) is 11.9 Å². The number of carbonyl (C=O) groups is 1. The molecule has 0 amide bonds. The molecule has 0 bridgehead atoms. The summed E-state index contributed by atoms with van der Waals surface area (Å²) in [5.41, 5.74) is 2.78. The first-order chi connectivity index (χ1) is 12.9. The van der Waals surface area contributed by atoms with Crippen molar-refractivity contribution in [3.63, 3.8) is 0 Å². The molecule has 6 heteroatoms. The molecule has 2 N–H and O–H groups in total. The zero-order valence-corrected chi connectivity index (χ0v) is 15.4. The van der Waals surface area contributed by atoms with Gasteiger partial charge >= 0.3 is 5.97 Å². The minimum atomic E-state index is -1.02. The van der Waals surface area contributed by atoms with Crippen LogP contribution >= 0.6 is 0 Å². The van der Waals surface area contributed by atoms with Crippen LogP contribution in [0, 0.1) is 31.0 Å². The molecule has 0 spiro atoms. The smallest absolute Gasteiger partial charge is 0.336 e. The number of benzene rings is 2. The van der Waals surface area contributed by atoms with Crippen LogP contribution in [0.15, 0.2) is 30.3 Å².